The Labute approximate surface area is 167 Å². The van der Waals surface area contributed by atoms with E-state index in [1.165, 1.54) is 11.8 Å². The van der Waals surface area contributed by atoms with Crippen LogP contribution in [-0.4, -0.2) is 70.3 Å². The maximum Gasteiger partial charge on any atom is 0.240 e. The second-order valence-electron chi connectivity index (χ2n) is 7.95. The Kier molecular flexibility index (Phi) is 6.63. The number of ether oxygens (including phenoxy) is 1. The van der Waals surface area contributed by atoms with Crippen LogP contribution in [0, 0.1) is 19.8 Å². The molecule has 6 nitrogen and oxygen atoms in total. The molecule has 0 saturated carbocycles. The van der Waals surface area contributed by atoms with E-state index in [2.05, 4.69) is 28.7 Å². The van der Waals surface area contributed by atoms with E-state index < -0.39 is 0 Å². The van der Waals surface area contributed by atoms with E-state index in [1.807, 2.05) is 25.0 Å². The molecule has 7 heteroatoms. The lowest BCUT2D eigenvalue weighted by Gasteiger charge is -2.35. The van der Waals surface area contributed by atoms with E-state index in [9.17, 15) is 4.79 Å². The molecule has 3 heterocycles. The summed E-state index contributed by atoms with van der Waals surface area (Å²) in [4.78, 5) is 26.0. The van der Waals surface area contributed by atoms with Crippen molar-refractivity contribution < 1.29 is 9.53 Å². The second kappa shape index (κ2) is 8.78. The molecule has 0 aliphatic carbocycles. The quantitative estimate of drug-likeness (QED) is 0.548. The van der Waals surface area contributed by atoms with Crippen LogP contribution in [0.1, 0.15) is 44.4 Å². The van der Waals surface area contributed by atoms with E-state index in [0.29, 0.717) is 30.4 Å². The predicted octanol–water partition coefficient (Wildman–Crippen LogP) is 2.92. The summed E-state index contributed by atoms with van der Waals surface area (Å²) < 4.78 is 6.07. The van der Waals surface area contributed by atoms with Crippen LogP contribution in [0.15, 0.2) is 5.16 Å². The number of carbonyl (C=O) groups excluding carboxylic acids is 1. The van der Waals surface area contributed by atoms with Crippen molar-refractivity contribution in [1.29, 1.82) is 0 Å². The molecule has 3 rings (SSSR count). The highest BCUT2D eigenvalue weighted by Crippen LogP contribution is 2.27. The lowest BCUT2D eigenvalue weighted by molar-refractivity contribution is -0.134. The molecule has 0 aromatic carbocycles. The highest BCUT2D eigenvalue weighted by atomic mass is 32.2. The van der Waals surface area contributed by atoms with Crippen molar-refractivity contribution in [2.45, 2.75) is 64.2 Å². The van der Waals surface area contributed by atoms with Crippen molar-refractivity contribution in [2.75, 3.05) is 32.5 Å². The van der Waals surface area contributed by atoms with Gasteiger partial charge in [-0.25, -0.2) is 4.98 Å². The standard InChI is InChI=1S/C20H32N4O2S/c1-13(2)24-11-8-17(19(24)25)23-9-6-16(7-10-23)12-26-18-14(3)15(4)21-20(22-18)27-5/h13,16-17H,6-12H2,1-5H3. The summed E-state index contributed by atoms with van der Waals surface area (Å²) in [7, 11) is 0. The molecule has 2 fully saturated rings. The summed E-state index contributed by atoms with van der Waals surface area (Å²) in [6, 6.07) is 0.393. The normalized spacial score (nSPS) is 22.1. The number of hydrogen-bond acceptors (Lipinski definition) is 6. The first kappa shape index (κ1) is 20.4. The third-order valence-corrected chi connectivity index (χ3v) is 6.43. The van der Waals surface area contributed by atoms with Gasteiger partial charge in [0, 0.05) is 23.8 Å². The Balaban J connectivity index is 1.51. The first-order valence-electron chi connectivity index (χ1n) is 9.97. The van der Waals surface area contributed by atoms with Crippen LogP contribution in [0.4, 0.5) is 0 Å². The fraction of sp³-hybridized carbons (Fsp3) is 0.750. The molecule has 2 saturated heterocycles. The second-order valence-corrected chi connectivity index (χ2v) is 8.72. The maximum atomic E-state index is 12.6. The van der Waals surface area contributed by atoms with Crippen LogP contribution in [0.2, 0.25) is 0 Å². The van der Waals surface area contributed by atoms with Crippen molar-refractivity contribution >= 4 is 17.7 Å². The van der Waals surface area contributed by atoms with E-state index in [0.717, 1.165) is 55.3 Å². The number of hydrogen-bond donors (Lipinski definition) is 0. The van der Waals surface area contributed by atoms with Crippen LogP contribution >= 0.6 is 11.8 Å². The van der Waals surface area contributed by atoms with Crippen molar-refractivity contribution in [1.82, 2.24) is 19.8 Å². The Morgan fingerprint density at radius 3 is 2.44 bits per heavy atom. The Morgan fingerprint density at radius 2 is 1.85 bits per heavy atom. The lowest BCUT2D eigenvalue weighted by Crippen LogP contribution is -2.47. The molecule has 0 radical (unpaired) electrons. The number of nitrogens with zero attached hydrogens (tertiary/aromatic N) is 4. The van der Waals surface area contributed by atoms with Gasteiger partial charge in [0.05, 0.1) is 12.6 Å². The minimum Gasteiger partial charge on any atom is -0.477 e. The smallest absolute Gasteiger partial charge is 0.240 e. The SMILES string of the molecule is CSc1nc(C)c(C)c(OCC2CCN(C3CCN(C(C)C)C3=O)CC2)n1. The molecule has 0 bridgehead atoms. The number of thioether (sulfide) groups is 1. The van der Waals surface area contributed by atoms with Crippen LogP contribution in [0.25, 0.3) is 0 Å². The van der Waals surface area contributed by atoms with Gasteiger partial charge in [0.1, 0.15) is 0 Å². The first-order chi connectivity index (χ1) is 12.9. The number of aromatic nitrogens is 2. The summed E-state index contributed by atoms with van der Waals surface area (Å²) in [5, 5.41) is 0.761. The van der Waals surface area contributed by atoms with Crippen molar-refractivity contribution in [3.05, 3.63) is 11.3 Å². The monoisotopic (exact) mass is 392 g/mol. The van der Waals surface area contributed by atoms with Crippen LogP contribution in [0.3, 0.4) is 0 Å². The molecule has 0 N–H and O–H groups in total. The summed E-state index contributed by atoms with van der Waals surface area (Å²) >= 11 is 1.54. The third-order valence-electron chi connectivity index (χ3n) is 5.89. The number of rotatable bonds is 6. The largest absolute Gasteiger partial charge is 0.477 e. The molecule has 1 unspecified atom stereocenters. The maximum absolute atomic E-state index is 12.6. The average Bonchev–Trinajstić information content (AvgIpc) is 3.05. The number of aryl methyl sites for hydroxylation is 1. The van der Waals surface area contributed by atoms with E-state index in [4.69, 9.17) is 4.74 Å². The summed E-state index contributed by atoms with van der Waals surface area (Å²) in [6.07, 6.45) is 5.09. The van der Waals surface area contributed by atoms with Crippen LogP contribution in [0.5, 0.6) is 5.88 Å². The molecule has 1 atom stereocenters. The van der Waals surface area contributed by atoms with Gasteiger partial charge in [0.2, 0.25) is 11.8 Å². The van der Waals surface area contributed by atoms with Gasteiger partial charge in [0.25, 0.3) is 0 Å². The molecular weight excluding hydrogens is 360 g/mol. The molecule has 1 aromatic rings. The molecular formula is C20H32N4O2S. The fourth-order valence-corrected chi connectivity index (χ4v) is 4.38. The highest BCUT2D eigenvalue weighted by molar-refractivity contribution is 7.98. The predicted molar refractivity (Wildman–Crippen MR) is 108 cm³/mol. The Bertz CT molecular complexity index is 674. The third kappa shape index (κ3) is 4.57. The molecule has 150 valence electrons. The van der Waals surface area contributed by atoms with Gasteiger partial charge in [-0.1, -0.05) is 11.8 Å². The van der Waals surface area contributed by atoms with Crippen molar-refractivity contribution in [3.63, 3.8) is 0 Å². The van der Waals surface area contributed by atoms with Gasteiger partial charge in [0.15, 0.2) is 5.16 Å². The van der Waals surface area contributed by atoms with E-state index in [-0.39, 0.29) is 6.04 Å². The van der Waals surface area contributed by atoms with Gasteiger partial charge in [-0.2, -0.15) is 4.98 Å². The van der Waals surface area contributed by atoms with E-state index >= 15 is 0 Å². The number of piperidine rings is 1. The number of carbonyl (C=O) groups is 1. The first-order valence-corrected chi connectivity index (χ1v) is 11.2. The van der Waals surface area contributed by atoms with Crippen molar-refractivity contribution in [2.24, 2.45) is 5.92 Å². The summed E-state index contributed by atoms with van der Waals surface area (Å²) in [5.41, 5.74) is 2.00. The topological polar surface area (TPSA) is 58.6 Å². The van der Waals surface area contributed by atoms with Crippen molar-refractivity contribution in [3.8, 4) is 5.88 Å². The molecule has 2 aliphatic heterocycles. The number of amides is 1. The summed E-state index contributed by atoms with van der Waals surface area (Å²) in [6.45, 7) is 11.8. The zero-order chi connectivity index (χ0) is 19.6. The molecule has 27 heavy (non-hydrogen) atoms. The van der Waals surface area contributed by atoms with Crippen LogP contribution in [-0.2, 0) is 4.79 Å². The molecule has 2 aliphatic rings. The average molecular weight is 393 g/mol. The van der Waals surface area contributed by atoms with E-state index in [1.54, 1.807) is 0 Å². The Morgan fingerprint density at radius 1 is 1.15 bits per heavy atom. The minimum absolute atomic E-state index is 0.0881. The van der Waals surface area contributed by atoms with Gasteiger partial charge in [-0.15, -0.1) is 0 Å². The molecule has 1 aromatic heterocycles. The summed E-state index contributed by atoms with van der Waals surface area (Å²) in [5.74, 6) is 1.55. The highest BCUT2D eigenvalue weighted by Gasteiger charge is 2.38. The van der Waals surface area contributed by atoms with Gasteiger partial charge in [-0.05, 0) is 72.2 Å². The lowest BCUT2D eigenvalue weighted by atomic mass is 9.96. The number of likely N-dealkylation sites (tertiary alicyclic amines) is 2. The Hall–Kier alpha value is -1.34. The molecule has 1 amide bonds. The fourth-order valence-electron chi connectivity index (χ4n) is 3.98. The zero-order valence-corrected chi connectivity index (χ0v) is 18.0. The van der Waals surface area contributed by atoms with Gasteiger partial charge >= 0.3 is 0 Å². The minimum atomic E-state index is 0.0881. The van der Waals surface area contributed by atoms with Gasteiger partial charge < -0.3 is 9.64 Å². The zero-order valence-electron chi connectivity index (χ0n) is 17.2. The molecule has 0 spiro atoms. The van der Waals surface area contributed by atoms with Gasteiger partial charge in [-0.3, -0.25) is 9.69 Å². The van der Waals surface area contributed by atoms with Crippen LogP contribution < -0.4 is 4.74 Å².